The summed E-state index contributed by atoms with van der Waals surface area (Å²) in [5.41, 5.74) is -0.0571. The zero-order chi connectivity index (χ0) is 14.2. The molecule has 1 spiro atoms. The molecule has 1 aliphatic heterocycles. The first kappa shape index (κ1) is 14.0. The van der Waals surface area contributed by atoms with Crippen molar-refractivity contribution < 1.29 is 18.6 Å². The van der Waals surface area contributed by atoms with E-state index in [2.05, 4.69) is 0 Å². The third-order valence-electron chi connectivity index (χ3n) is 4.77. The van der Waals surface area contributed by atoms with Gasteiger partial charge in [0.1, 0.15) is 11.6 Å². The van der Waals surface area contributed by atoms with Crippen LogP contribution in [-0.4, -0.2) is 17.3 Å². The molecule has 110 valence electrons. The van der Waals surface area contributed by atoms with E-state index in [0.29, 0.717) is 13.0 Å². The molecule has 1 heterocycles. The number of ether oxygens (including phenoxy) is 1. The fourth-order valence-corrected chi connectivity index (χ4v) is 3.70. The summed E-state index contributed by atoms with van der Waals surface area (Å²) in [7, 11) is 0. The lowest BCUT2D eigenvalue weighted by Gasteiger charge is -2.40. The summed E-state index contributed by atoms with van der Waals surface area (Å²) in [6.45, 7) is 0.596. The van der Waals surface area contributed by atoms with E-state index in [9.17, 15) is 13.9 Å². The van der Waals surface area contributed by atoms with Crippen LogP contribution in [0.1, 0.15) is 50.2 Å². The Morgan fingerprint density at radius 1 is 1.25 bits per heavy atom. The number of rotatable bonds is 2. The van der Waals surface area contributed by atoms with E-state index < -0.39 is 17.7 Å². The molecule has 1 aromatic rings. The average Bonchev–Trinajstić information content (AvgIpc) is 2.88. The monoisotopic (exact) mass is 282 g/mol. The van der Waals surface area contributed by atoms with Crippen molar-refractivity contribution >= 4 is 0 Å². The minimum Gasteiger partial charge on any atom is -0.388 e. The maximum absolute atomic E-state index is 13.8. The Bertz CT molecular complexity index is 483. The fourth-order valence-electron chi connectivity index (χ4n) is 3.70. The van der Waals surface area contributed by atoms with E-state index in [4.69, 9.17) is 4.74 Å². The van der Waals surface area contributed by atoms with Gasteiger partial charge in [0.2, 0.25) is 0 Å². The van der Waals surface area contributed by atoms with Crippen LogP contribution in [0.15, 0.2) is 18.2 Å². The topological polar surface area (TPSA) is 29.5 Å². The molecule has 2 aliphatic rings. The lowest BCUT2D eigenvalue weighted by Crippen LogP contribution is -2.39. The Kier molecular flexibility index (Phi) is 3.78. The molecule has 0 aromatic heterocycles. The molecule has 2 unspecified atom stereocenters. The normalized spacial score (nSPS) is 26.9. The number of hydrogen-bond donors (Lipinski definition) is 1. The lowest BCUT2D eigenvalue weighted by atomic mass is 9.80. The standard InChI is InChI=1S/C16H20F2O2/c17-12-3-4-14(18)13(9-12)15(19)11-5-8-20-16(10-11)6-1-2-7-16/h3-4,9,11,15,19H,1-2,5-8,10H2. The third kappa shape index (κ3) is 2.59. The zero-order valence-corrected chi connectivity index (χ0v) is 11.4. The van der Waals surface area contributed by atoms with Crippen LogP contribution in [-0.2, 0) is 4.74 Å². The SMILES string of the molecule is OC(c1cc(F)ccc1F)C1CCOC2(CCCC2)C1. The van der Waals surface area contributed by atoms with Gasteiger partial charge in [-0.25, -0.2) is 8.78 Å². The van der Waals surface area contributed by atoms with E-state index in [1.54, 1.807) is 0 Å². The van der Waals surface area contributed by atoms with Crippen molar-refractivity contribution in [2.75, 3.05) is 6.61 Å². The van der Waals surface area contributed by atoms with Crippen LogP contribution in [0.3, 0.4) is 0 Å². The van der Waals surface area contributed by atoms with E-state index in [1.807, 2.05) is 0 Å². The van der Waals surface area contributed by atoms with Crippen LogP contribution < -0.4 is 0 Å². The average molecular weight is 282 g/mol. The highest BCUT2D eigenvalue weighted by Gasteiger charge is 2.42. The summed E-state index contributed by atoms with van der Waals surface area (Å²) in [5.74, 6) is -1.10. The molecule has 1 N–H and O–H groups in total. The summed E-state index contributed by atoms with van der Waals surface area (Å²) in [6, 6.07) is 3.27. The number of benzene rings is 1. The first-order valence-electron chi connectivity index (χ1n) is 7.37. The highest BCUT2D eigenvalue weighted by atomic mass is 19.1. The highest BCUT2D eigenvalue weighted by Crippen LogP contribution is 2.45. The third-order valence-corrected chi connectivity index (χ3v) is 4.77. The molecule has 1 saturated carbocycles. The summed E-state index contributed by atoms with van der Waals surface area (Å²) >= 11 is 0. The summed E-state index contributed by atoms with van der Waals surface area (Å²) < 4.78 is 33.0. The Morgan fingerprint density at radius 2 is 2.00 bits per heavy atom. The van der Waals surface area contributed by atoms with Gasteiger partial charge in [-0.1, -0.05) is 12.8 Å². The van der Waals surface area contributed by atoms with Gasteiger partial charge in [0.05, 0.1) is 11.7 Å². The second-order valence-electron chi connectivity index (χ2n) is 6.10. The first-order valence-corrected chi connectivity index (χ1v) is 7.37. The van der Waals surface area contributed by atoms with Crippen molar-refractivity contribution in [1.82, 2.24) is 0 Å². The molecule has 2 nitrogen and oxygen atoms in total. The summed E-state index contributed by atoms with van der Waals surface area (Å²) in [4.78, 5) is 0. The van der Waals surface area contributed by atoms with Gasteiger partial charge in [0, 0.05) is 12.2 Å². The van der Waals surface area contributed by atoms with Crippen LogP contribution in [0.5, 0.6) is 0 Å². The molecule has 0 bridgehead atoms. The van der Waals surface area contributed by atoms with Crippen LogP contribution in [0.2, 0.25) is 0 Å². The maximum Gasteiger partial charge on any atom is 0.129 e. The van der Waals surface area contributed by atoms with Crippen molar-refractivity contribution in [3.63, 3.8) is 0 Å². The Hall–Kier alpha value is -1.00. The smallest absolute Gasteiger partial charge is 0.129 e. The van der Waals surface area contributed by atoms with Gasteiger partial charge in [-0.05, 0) is 49.8 Å². The molecule has 1 saturated heterocycles. The Labute approximate surface area is 117 Å². The predicted molar refractivity (Wildman–Crippen MR) is 71.2 cm³/mol. The van der Waals surface area contributed by atoms with Crippen molar-refractivity contribution in [3.8, 4) is 0 Å². The van der Waals surface area contributed by atoms with Crippen LogP contribution >= 0.6 is 0 Å². The number of aliphatic hydroxyl groups is 1. The molecule has 1 aliphatic carbocycles. The Morgan fingerprint density at radius 3 is 2.75 bits per heavy atom. The minimum atomic E-state index is -0.952. The van der Waals surface area contributed by atoms with Gasteiger partial charge in [-0.3, -0.25) is 0 Å². The molecule has 0 radical (unpaired) electrons. The molecular weight excluding hydrogens is 262 g/mol. The van der Waals surface area contributed by atoms with Gasteiger partial charge in [-0.15, -0.1) is 0 Å². The Balaban J connectivity index is 1.79. The summed E-state index contributed by atoms with van der Waals surface area (Å²) in [5, 5.41) is 10.4. The quantitative estimate of drug-likeness (QED) is 0.895. The first-order chi connectivity index (χ1) is 9.60. The molecule has 1 aromatic carbocycles. The molecule has 3 rings (SSSR count). The van der Waals surface area contributed by atoms with E-state index in [0.717, 1.165) is 50.3 Å². The minimum absolute atomic E-state index is 0.0573. The van der Waals surface area contributed by atoms with Crippen LogP contribution in [0.25, 0.3) is 0 Å². The van der Waals surface area contributed by atoms with Gasteiger partial charge < -0.3 is 9.84 Å². The molecule has 4 heteroatoms. The van der Waals surface area contributed by atoms with Gasteiger partial charge >= 0.3 is 0 Å². The zero-order valence-electron chi connectivity index (χ0n) is 11.4. The number of halogens is 2. The van der Waals surface area contributed by atoms with Crippen molar-refractivity contribution in [2.24, 2.45) is 5.92 Å². The molecular formula is C16H20F2O2. The fraction of sp³-hybridized carbons (Fsp3) is 0.625. The lowest BCUT2D eigenvalue weighted by molar-refractivity contribution is -0.113. The second-order valence-corrected chi connectivity index (χ2v) is 6.10. The van der Waals surface area contributed by atoms with Gasteiger partial charge in [-0.2, -0.15) is 0 Å². The number of aliphatic hydroxyl groups excluding tert-OH is 1. The maximum atomic E-state index is 13.8. The van der Waals surface area contributed by atoms with E-state index in [-0.39, 0.29) is 17.1 Å². The van der Waals surface area contributed by atoms with Crippen LogP contribution in [0.4, 0.5) is 8.78 Å². The van der Waals surface area contributed by atoms with Crippen molar-refractivity contribution in [1.29, 1.82) is 0 Å². The van der Waals surface area contributed by atoms with Gasteiger partial charge in [0.25, 0.3) is 0 Å². The molecule has 2 fully saturated rings. The van der Waals surface area contributed by atoms with E-state index >= 15 is 0 Å². The number of hydrogen-bond acceptors (Lipinski definition) is 2. The predicted octanol–water partition coefficient (Wildman–Crippen LogP) is 3.74. The second kappa shape index (κ2) is 5.41. The van der Waals surface area contributed by atoms with E-state index in [1.165, 1.54) is 0 Å². The van der Waals surface area contributed by atoms with Crippen molar-refractivity contribution in [3.05, 3.63) is 35.4 Å². The van der Waals surface area contributed by atoms with Crippen molar-refractivity contribution in [2.45, 2.75) is 50.2 Å². The molecule has 2 atom stereocenters. The largest absolute Gasteiger partial charge is 0.388 e. The molecule has 0 amide bonds. The highest BCUT2D eigenvalue weighted by molar-refractivity contribution is 5.22. The summed E-state index contributed by atoms with van der Waals surface area (Å²) in [6.07, 6.45) is 4.81. The van der Waals surface area contributed by atoms with Gasteiger partial charge in [0.15, 0.2) is 0 Å². The van der Waals surface area contributed by atoms with Crippen LogP contribution in [0, 0.1) is 17.6 Å². The molecule has 20 heavy (non-hydrogen) atoms.